The second-order valence-electron chi connectivity index (χ2n) is 4.77. The van der Waals surface area contributed by atoms with Crippen molar-refractivity contribution in [2.75, 3.05) is 6.61 Å². The van der Waals surface area contributed by atoms with E-state index in [1.807, 2.05) is 6.07 Å². The fraction of sp³-hybridized carbons (Fsp3) is 0.312. The molecule has 1 heterocycles. The van der Waals surface area contributed by atoms with Gasteiger partial charge in [0.05, 0.1) is 6.61 Å². The molecule has 0 spiro atoms. The lowest BCUT2D eigenvalue weighted by molar-refractivity contribution is 0.0225. The molecule has 120 valence electrons. The summed E-state index contributed by atoms with van der Waals surface area (Å²) in [6, 6.07) is 8.21. The molecule has 1 atom stereocenters. The van der Waals surface area contributed by atoms with Crippen LogP contribution in [0, 0.1) is 11.3 Å². The zero-order valence-corrected chi connectivity index (χ0v) is 13.2. The van der Waals surface area contributed by atoms with Gasteiger partial charge in [-0.3, -0.25) is 4.79 Å². The number of carbonyl (C=O) groups is 2. The minimum Gasteiger partial charge on any atom is -0.435 e. The molecule has 0 bridgehead atoms. The van der Waals surface area contributed by atoms with Gasteiger partial charge in [0.25, 0.3) is 0 Å². The first-order valence-corrected chi connectivity index (χ1v) is 7.46. The molecule has 1 unspecified atom stereocenters. The quantitative estimate of drug-likeness (QED) is 0.394. The van der Waals surface area contributed by atoms with Crippen molar-refractivity contribution >= 4 is 23.5 Å². The number of carbonyl (C=O) groups excluding carboxylic acids is 2. The average Bonchev–Trinajstić information content (AvgIpc) is 2.97. The molecule has 23 heavy (non-hydrogen) atoms. The van der Waals surface area contributed by atoms with E-state index < -0.39 is 18.2 Å². The van der Waals surface area contributed by atoms with Crippen molar-refractivity contribution in [3.63, 3.8) is 0 Å². The summed E-state index contributed by atoms with van der Waals surface area (Å²) in [6.45, 7) is 1.89. The Morgan fingerprint density at radius 1 is 1.39 bits per heavy atom. The van der Waals surface area contributed by atoms with Crippen molar-refractivity contribution in [2.24, 2.45) is 0 Å². The third kappa shape index (κ3) is 4.24. The fourth-order valence-electron chi connectivity index (χ4n) is 2.17. The summed E-state index contributed by atoms with van der Waals surface area (Å²) in [7, 11) is 0. The highest BCUT2D eigenvalue weighted by Crippen LogP contribution is 2.23. The van der Waals surface area contributed by atoms with Gasteiger partial charge in [0.15, 0.2) is 6.23 Å². The van der Waals surface area contributed by atoms with E-state index in [9.17, 15) is 14.9 Å². The van der Waals surface area contributed by atoms with E-state index in [0.717, 1.165) is 0 Å². The smallest absolute Gasteiger partial charge is 0.435 e. The molecule has 0 radical (unpaired) electrons. The van der Waals surface area contributed by atoms with Crippen LogP contribution < -0.4 is 5.32 Å². The maximum Gasteiger partial charge on any atom is 0.510 e. The van der Waals surface area contributed by atoms with E-state index in [-0.39, 0.29) is 12.2 Å². The van der Waals surface area contributed by atoms with E-state index >= 15 is 0 Å². The van der Waals surface area contributed by atoms with Gasteiger partial charge in [0.1, 0.15) is 11.6 Å². The number of hydrogen-bond donors (Lipinski definition) is 1. The molecule has 0 saturated carbocycles. The van der Waals surface area contributed by atoms with Gasteiger partial charge in [0, 0.05) is 22.7 Å². The van der Waals surface area contributed by atoms with Crippen molar-refractivity contribution < 1.29 is 19.1 Å². The first kappa shape index (κ1) is 16.8. The Kier molecular flexibility index (Phi) is 5.61. The molecule has 0 aliphatic carbocycles. The number of hydrogen-bond acceptors (Lipinski definition) is 6. The van der Waals surface area contributed by atoms with Crippen LogP contribution in [-0.4, -0.2) is 24.8 Å². The zero-order chi connectivity index (χ0) is 16.8. The molecule has 1 aromatic carbocycles. The van der Waals surface area contributed by atoms with E-state index in [1.165, 1.54) is 0 Å². The molecule has 1 fully saturated rings. The van der Waals surface area contributed by atoms with Crippen molar-refractivity contribution in [1.82, 2.24) is 5.32 Å². The molecule has 0 amide bonds. The lowest BCUT2D eigenvalue weighted by Crippen LogP contribution is -2.28. The largest absolute Gasteiger partial charge is 0.510 e. The van der Waals surface area contributed by atoms with Crippen LogP contribution in [0.1, 0.15) is 30.1 Å². The Labute approximate surface area is 138 Å². The number of nitrogens with one attached hydrogen (secondary N) is 1. The molecule has 1 aliphatic heterocycles. The number of benzene rings is 1. The lowest BCUT2D eigenvalue weighted by Gasteiger charge is -2.12. The predicted octanol–water partition coefficient (Wildman–Crippen LogP) is 3.18. The van der Waals surface area contributed by atoms with Crippen LogP contribution in [0.4, 0.5) is 4.79 Å². The SMILES string of the molecule is CCOC(=O)OC1CCC(=C(C#N)C(=O)c2ccc(Cl)cc2)N1. The molecule has 1 N–H and O–H groups in total. The van der Waals surface area contributed by atoms with Crippen LogP contribution in [-0.2, 0) is 9.47 Å². The molecule has 1 saturated heterocycles. The molecule has 2 rings (SSSR count). The Balaban J connectivity index is 2.12. The van der Waals surface area contributed by atoms with Crippen LogP contribution >= 0.6 is 11.6 Å². The van der Waals surface area contributed by atoms with E-state index in [0.29, 0.717) is 29.1 Å². The van der Waals surface area contributed by atoms with E-state index in [1.54, 1.807) is 31.2 Å². The minimum absolute atomic E-state index is 0.00211. The topological polar surface area (TPSA) is 88.4 Å². The van der Waals surface area contributed by atoms with Crippen molar-refractivity contribution in [2.45, 2.75) is 26.0 Å². The lowest BCUT2D eigenvalue weighted by atomic mass is 10.0. The maximum atomic E-state index is 12.4. The van der Waals surface area contributed by atoms with Gasteiger partial charge in [-0.2, -0.15) is 5.26 Å². The molecule has 7 heteroatoms. The van der Waals surface area contributed by atoms with Gasteiger partial charge in [-0.1, -0.05) is 11.6 Å². The molecule has 1 aromatic rings. The maximum absolute atomic E-state index is 12.4. The average molecular weight is 335 g/mol. The van der Waals surface area contributed by atoms with Crippen LogP contribution in [0.2, 0.25) is 5.02 Å². The Morgan fingerprint density at radius 3 is 2.70 bits per heavy atom. The number of Topliss-reactive ketones (excluding diaryl/α,β-unsaturated/α-hetero) is 1. The Bertz CT molecular complexity index is 676. The number of nitriles is 1. The van der Waals surface area contributed by atoms with Crippen LogP contribution in [0.3, 0.4) is 0 Å². The highest BCUT2D eigenvalue weighted by molar-refractivity contribution is 6.30. The molecule has 6 nitrogen and oxygen atoms in total. The first-order valence-electron chi connectivity index (χ1n) is 7.08. The van der Waals surface area contributed by atoms with Gasteiger partial charge in [-0.15, -0.1) is 0 Å². The van der Waals surface area contributed by atoms with Gasteiger partial charge in [-0.05, 0) is 37.6 Å². The summed E-state index contributed by atoms with van der Waals surface area (Å²) in [4.78, 5) is 23.7. The first-order chi connectivity index (χ1) is 11.0. The van der Waals surface area contributed by atoms with Gasteiger partial charge in [-0.25, -0.2) is 4.79 Å². The summed E-state index contributed by atoms with van der Waals surface area (Å²) >= 11 is 5.79. The Hall–Kier alpha value is -2.52. The number of halogens is 1. The minimum atomic E-state index is -0.784. The predicted molar refractivity (Wildman–Crippen MR) is 82.7 cm³/mol. The van der Waals surface area contributed by atoms with Crippen LogP contribution in [0.25, 0.3) is 0 Å². The van der Waals surface area contributed by atoms with Crippen molar-refractivity contribution in [3.8, 4) is 6.07 Å². The van der Waals surface area contributed by atoms with E-state index in [2.05, 4.69) is 5.32 Å². The number of allylic oxidation sites excluding steroid dienone is 2. The summed E-state index contributed by atoms with van der Waals surface area (Å²) in [5, 5.41) is 12.7. The second-order valence-corrected chi connectivity index (χ2v) is 5.21. The molecular formula is C16H15ClN2O4. The number of ketones is 1. The van der Waals surface area contributed by atoms with Gasteiger partial charge < -0.3 is 14.8 Å². The molecular weight excluding hydrogens is 320 g/mol. The summed E-state index contributed by atoms with van der Waals surface area (Å²) in [5.74, 6) is -0.400. The molecule has 1 aliphatic rings. The molecule has 0 aromatic heterocycles. The fourth-order valence-corrected chi connectivity index (χ4v) is 2.29. The number of nitrogens with zero attached hydrogens (tertiary/aromatic N) is 1. The summed E-state index contributed by atoms with van der Waals surface area (Å²) in [6.07, 6.45) is -0.487. The second kappa shape index (κ2) is 7.65. The van der Waals surface area contributed by atoms with Gasteiger partial charge >= 0.3 is 6.16 Å². The highest BCUT2D eigenvalue weighted by Gasteiger charge is 2.27. The van der Waals surface area contributed by atoms with Crippen molar-refractivity contribution in [1.29, 1.82) is 5.26 Å². The van der Waals surface area contributed by atoms with Crippen LogP contribution in [0.15, 0.2) is 35.5 Å². The monoisotopic (exact) mass is 334 g/mol. The van der Waals surface area contributed by atoms with Crippen LogP contribution in [0.5, 0.6) is 0 Å². The van der Waals surface area contributed by atoms with Gasteiger partial charge in [0.2, 0.25) is 5.78 Å². The summed E-state index contributed by atoms with van der Waals surface area (Å²) in [5.41, 5.74) is 0.832. The number of rotatable bonds is 4. The van der Waals surface area contributed by atoms with E-state index in [4.69, 9.17) is 21.1 Å². The third-order valence-electron chi connectivity index (χ3n) is 3.24. The number of ether oxygens (including phenoxy) is 2. The van der Waals surface area contributed by atoms with Crippen molar-refractivity contribution in [3.05, 3.63) is 46.1 Å². The standard InChI is InChI=1S/C16H15ClN2O4/c1-2-22-16(21)23-14-8-7-13(19-14)12(9-18)15(20)10-3-5-11(17)6-4-10/h3-6,14,19H,2,7-8H2,1H3. The summed E-state index contributed by atoms with van der Waals surface area (Å²) < 4.78 is 9.73. The normalized spacial score (nSPS) is 18.6. The third-order valence-corrected chi connectivity index (χ3v) is 3.49. The highest BCUT2D eigenvalue weighted by atomic mass is 35.5. The Morgan fingerprint density at radius 2 is 2.09 bits per heavy atom. The zero-order valence-electron chi connectivity index (χ0n) is 12.5.